The highest BCUT2D eigenvalue weighted by Crippen LogP contribution is 2.13. The maximum absolute atomic E-state index is 13.6. The van der Waals surface area contributed by atoms with Crippen molar-refractivity contribution in [2.24, 2.45) is 0 Å². The molecule has 0 atom stereocenters. The summed E-state index contributed by atoms with van der Waals surface area (Å²) in [6, 6.07) is 11.3. The molecule has 2 aromatic rings. The summed E-state index contributed by atoms with van der Waals surface area (Å²) in [6.07, 6.45) is 0. The average molecular weight is 345 g/mol. The minimum absolute atomic E-state index is 0.0676. The van der Waals surface area contributed by atoms with Gasteiger partial charge < -0.3 is 10.2 Å². The van der Waals surface area contributed by atoms with Crippen molar-refractivity contribution in [2.75, 3.05) is 13.6 Å². The Balaban J connectivity index is 1.92. The second-order valence-electron chi connectivity index (χ2n) is 5.33. The van der Waals surface area contributed by atoms with E-state index in [0.717, 1.165) is 6.07 Å². The predicted molar refractivity (Wildman–Crippen MR) is 88.3 cm³/mol. The van der Waals surface area contributed by atoms with E-state index in [9.17, 15) is 24.1 Å². The van der Waals surface area contributed by atoms with Gasteiger partial charge in [0.25, 0.3) is 11.6 Å². The SMILES string of the molecule is CN(Cc1ccccc1F)C(=O)CNC(=O)c1cccc([N+](=O)[O-])c1. The summed E-state index contributed by atoms with van der Waals surface area (Å²) in [7, 11) is 1.49. The number of hydrogen-bond acceptors (Lipinski definition) is 4. The Labute approximate surface area is 143 Å². The van der Waals surface area contributed by atoms with Crippen molar-refractivity contribution in [2.45, 2.75) is 6.54 Å². The molecule has 0 aliphatic rings. The zero-order chi connectivity index (χ0) is 18.4. The van der Waals surface area contributed by atoms with Crippen molar-refractivity contribution in [3.05, 3.63) is 75.6 Å². The largest absolute Gasteiger partial charge is 0.343 e. The summed E-state index contributed by atoms with van der Waals surface area (Å²) in [5.74, 6) is -1.43. The molecule has 25 heavy (non-hydrogen) atoms. The molecule has 0 saturated heterocycles. The average Bonchev–Trinajstić information content (AvgIpc) is 2.61. The van der Waals surface area contributed by atoms with Gasteiger partial charge in [0.1, 0.15) is 5.82 Å². The van der Waals surface area contributed by atoms with Crippen LogP contribution in [0.25, 0.3) is 0 Å². The van der Waals surface area contributed by atoms with Gasteiger partial charge in [0.2, 0.25) is 5.91 Å². The van der Waals surface area contributed by atoms with Crippen LogP contribution in [0, 0.1) is 15.9 Å². The standard InChI is InChI=1S/C17H16FN3O4/c1-20(11-13-5-2-3-8-15(13)18)16(22)10-19-17(23)12-6-4-7-14(9-12)21(24)25/h2-9H,10-11H2,1H3,(H,19,23). The summed E-state index contributed by atoms with van der Waals surface area (Å²) in [5.41, 5.74) is 0.234. The molecule has 0 aliphatic carbocycles. The molecule has 7 nitrogen and oxygen atoms in total. The molecule has 0 bridgehead atoms. The van der Waals surface area contributed by atoms with Gasteiger partial charge in [0, 0.05) is 36.9 Å². The first-order valence-corrected chi connectivity index (χ1v) is 7.38. The first-order chi connectivity index (χ1) is 11.9. The van der Waals surface area contributed by atoms with Gasteiger partial charge in [0.15, 0.2) is 0 Å². The van der Waals surface area contributed by atoms with Crippen LogP contribution in [0.1, 0.15) is 15.9 Å². The van der Waals surface area contributed by atoms with E-state index in [1.165, 1.54) is 36.2 Å². The number of non-ortho nitro benzene ring substituents is 1. The lowest BCUT2D eigenvalue weighted by atomic mass is 10.2. The zero-order valence-electron chi connectivity index (χ0n) is 13.4. The second-order valence-corrected chi connectivity index (χ2v) is 5.33. The van der Waals surface area contributed by atoms with E-state index in [2.05, 4.69) is 5.32 Å². The van der Waals surface area contributed by atoms with Gasteiger partial charge in [-0.2, -0.15) is 0 Å². The van der Waals surface area contributed by atoms with Gasteiger partial charge in [-0.15, -0.1) is 0 Å². The molecule has 2 amide bonds. The first-order valence-electron chi connectivity index (χ1n) is 7.38. The lowest BCUT2D eigenvalue weighted by molar-refractivity contribution is -0.384. The Morgan fingerprint density at radius 1 is 1.20 bits per heavy atom. The van der Waals surface area contributed by atoms with Crippen LogP contribution in [-0.2, 0) is 11.3 Å². The normalized spacial score (nSPS) is 10.2. The minimum Gasteiger partial charge on any atom is -0.343 e. The predicted octanol–water partition coefficient (Wildman–Crippen LogP) is 2.12. The van der Waals surface area contributed by atoms with Crippen LogP contribution < -0.4 is 5.32 Å². The second kappa shape index (κ2) is 8.00. The third-order valence-electron chi connectivity index (χ3n) is 3.51. The molecule has 0 saturated carbocycles. The summed E-state index contributed by atoms with van der Waals surface area (Å²) in [6.45, 7) is -0.231. The van der Waals surface area contributed by atoms with Gasteiger partial charge in [-0.25, -0.2) is 4.39 Å². The minimum atomic E-state index is -0.607. The number of nitrogens with one attached hydrogen (secondary N) is 1. The number of halogens is 1. The highest BCUT2D eigenvalue weighted by molar-refractivity contribution is 5.96. The van der Waals surface area contributed by atoms with Crippen LogP contribution in [0.2, 0.25) is 0 Å². The number of carbonyl (C=O) groups is 2. The number of likely N-dealkylation sites (N-methyl/N-ethyl adjacent to an activating group) is 1. The van der Waals surface area contributed by atoms with Crippen LogP contribution in [0.5, 0.6) is 0 Å². The molecule has 130 valence electrons. The molecule has 8 heteroatoms. The van der Waals surface area contributed by atoms with Gasteiger partial charge in [0.05, 0.1) is 11.5 Å². The molecule has 0 heterocycles. The number of nitro groups is 1. The number of nitro benzene ring substituents is 1. The smallest absolute Gasteiger partial charge is 0.270 e. The van der Waals surface area contributed by atoms with Gasteiger partial charge in [-0.1, -0.05) is 24.3 Å². The fourth-order valence-corrected chi connectivity index (χ4v) is 2.12. The lowest BCUT2D eigenvalue weighted by Crippen LogP contribution is -2.38. The first kappa shape index (κ1) is 18.1. The van der Waals surface area contributed by atoms with Crippen LogP contribution in [0.15, 0.2) is 48.5 Å². The Hall–Kier alpha value is -3.29. The van der Waals surface area contributed by atoms with Crippen molar-refractivity contribution in [3.8, 4) is 0 Å². The van der Waals surface area contributed by atoms with E-state index in [0.29, 0.717) is 5.56 Å². The number of nitrogens with zero attached hydrogens (tertiary/aromatic N) is 2. The molecule has 2 aromatic carbocycles. The number of benzene rings is 2. The lowest BCUT2D eigenvalue weighted by Gasteiger charge is -2.18. The Morgan fingerprint density at radius 3 is 2.60 bits per heavy atom. The maximum atomic E-state index is 13.6. The fraction of sp³-hybridized carbons (Fsp3) is 0.176. The van der Waals surface area contributed by atoms with Crippen LogP contribution in [0.4, 0.5) is 10.1 Å². The molecule has 0 unspecified atom stereocenters. The molecule has 0 fully saturated rings. The third kappa shape index (κ3) is 4.84. The van der Waals surface area contributed by atoms with E-state index >= 15 is 0 Å². The van der Waals surface area contributed by atoms with Crippen molar-refractivity contribution >= 4 is 17.5 Å². The van der Waals surface area contributed by atoms with Crippen LogP contribution in [-0.4, -0.2) is 35.2 Å². The van der Waals surface area contributed by atoms with Crippen molar-refractivity contribution in [1.29, 1.82) is 0 Å². The number of rotatable bonds is 6. The van der Waals surface area contributed by atoms with Crippen molar-refractivity contribution in [1.82, 2.24) is 10.2 Å². The van der Waals surface area contributed by atoms with Gasteiger partial charge in [-0.05, 0) is 12.1 Å². The topological polar surface area (TPSA) is 92.6 Å². The number of carbonyl (C=O) groups excluding carboxylic acids is 2. The summed E-state index contributed by atoms with van der Waals surface area (Å²) in [4.78, 5) is 35.4. The van der Waals surface area contributed by atoms with Crippen LogP contribution >= 0.6 is 0 Å². The molecule has 2 rings (SSSR count). The van der Waals surface area contributed by atoms with Crippen molar-refractivity contribution in [3.63, 3.8) is 0 Å². The molecule has 0 aromatic heterocycles. The Morgan fingerprint density at radius 2 is 1.92 bits per heavy atom. The van der Waals surface area contributed by atoms with Gasteiger partial charge >= 0.3 is 0 Å². The van der Waals surface area contributed by atoms with Crippen molar-refractivity contribution < 1.29 is 18.9 Å². The molecule has 1 N–H and O–H groups in total. The highest BCUT2D eigenvalue weighted by atomic mass is 19.1. The zero-order valence-corrected chi connectivity index (χ0v) is 13.4. The molecule has 0 spiro atoms. The van der Waals surface area contributed by atoms with E-state index in [1.807, 2.05) is 0 Å². The highest BCUT2D eigenvalue weighted by Gasteiger charge is 2.15. The maximum Gasteiger partial charge on any atom is 0.270 e. The number of amides is 2. The molecular formula is C17H16FN3O4. The van der Waals surface area contributed by atoms with E-state index in [-0.39, 0.29) is 24.3 Å². The van der Waals surface area contributed by atoms with E-state index in [4.69, 9.17) is 0 Å². The fourth-order valence-electron chi connectivity index (χ4n) is 2.12. The Bertz CT molecular complexity index is 810. The van der Waals surface area contributed by atoms with Crippen LogP contribution in [0.3, 0.4) is 0 Å². The third-order valence-corrected chi connectivity index (χ3v) is 3.51. The quantitative estimate of drug-likeness (QED) is 0.641. The Kier molecular flexibility index (Phi) is 5.78. The van der Waals surface area contributed by atoms with Gasteiger partial charge in [-0.3, -0.25) is 19.7 Å². The van der Waals surface area contributed by atoms with E-state index < -0.39 is 22.6 Å². The van der Waals surface area contributed by atoms with E-state index in [1.54, 1.807) is 18.2 Å². The summed E-state index contributed by atoms with van der Waals surface area (Å²) < 4.78 is 13.6. The molecular weight excluding hydrogens is 329 g/mol. The molecule has 0 aliphatic heterocycles. The number of hydrogen-bond donors (Lipinski definition) is 1. The summed E-state index contributed by atoms with van der Waals surface area (Å²) >= 11 is 0. The molecule has 0 radical (unpaired) electrons. The monoisotopic (exact) mass is 345 g/mol. The summed E-state index contributed by atoms with van der Waals surface area (Å²) in [5, 5.41) is 13.1.